The molecule has 0 amide bonds. The lowest BCUT2D eigenvalue weighted by atomic mass is 9.96. The van der Waals surface area contributed by atoms with Gasteiger partial charge in [0.25, 0.3) is 0 Å². The highest BCUT2D eigenvalue weighted by molar-refractivity contribution is 6.13. The SMILES string of the molecule is Cc1cc(-c2ccc(C)c3c2oc2ccccc23)cc2c1oc1ccccc12. The minimum atomic E-state index is 0.926. The highest BCUT2D eigenvalue weighted by Crippen LogP contribution is 2.40. The van der Waals surface area contributed by atoms with Crippen molar-refractivity contribution < 1.29 is 8.83 Å². The predicted molar refractivity (Wildman–Crippen MR) is 116 cm³/mol. The van der Waals surface area contributed by atoms with Crippen LogP contribution in [-0.4, -0.2) is 0 Å². The van der Waals surface area contributed by atoms with Crippen molar-refractivity contribution >= 4 is 43.9 Å². The van der Waals surface area contributed by atoms with Crippen LogP contribution in [0.5, 0.6) is 0 Å². The molecule has 2 heterocycles. The Balaban J connectivity index is 1.73. The highest BCUT2D eigenvalue weighted by Gasteiger charge is 2.16. The lowest BCUT2D eigenvalue weighted by Gasteiger charge is -2.07. The van der Waals surface area contributed by atoms with Gasteiger partial charge in [-0.2, -0.15) is 0 Å². The maximum atomic E-state index is 6.32. The number of fused-ring (bicyclic) bond motifs is 6. The molecule has 2 nitrogen and oxygen atoms in total. The Hall–Kier alpha value is -3.52. The molecule has 6 rings (SSSR count). The quantitative estimate of drug-likeness (QED) is 0.299. The van der Waals surface area contributed by atoms with Crippen LogP contribution < -0.4 is 0 Å². The Morgan fingerprint density at radius 2 is 1.25 bits per heavy atom. The van der Waals surface area contributed by atoms with Gasteiger partial charge in [0.1, 0.15) is 22.3 Å². The maximum Gasteiger partial charge on any atom is 0.143 e. The van der Waals surface area contributed by atoms with Crippen molar-refractivity contribution in [1.82, 2.24) is 0 Å². The summed E-state index contributed by atoms with van der Waals surface area (Å²) in [4.78, 5) is 0. The number of furan rings is 2. The molecule has 0 spiro atoms. The molecule has 0 N–H and O–H groups in total. The number of para-hydroxylation sites is 2. The third kappa shape index (κ3) is 2.03. The van der Waals surface area contributed by atoms with E-state index in [4.69, 9.17) is 8.83 Å². The van der Waals surface area contributed by atoms with Gasteiger partial charge >= 0.3 is 0 Å². The van der Waals surface area contributed by atoms with E-state index in [0.29, 0.717) is 0 Å². The number of aryl methyl sites for hydroxylation is 2. The minimum absolute atomic E-state index is 0.926. The molecule has 0 aliphatic carbocycles. The van der Waals surface area contributed by atoms with Gasteiger partial charge in [0.15, 0.2) is 0 Å². The van der Waals surface area contributed by atoms with Gasteiger partial charge in [-0.1, -0.05) is 48.5 Å². The average Bonchev–Trinajstić information content (AvgIpc) is 3.28. The number of hydrogen-bond donors (Lipinski definition) is 0. The summed E-state index contributed by atoms with van der Waals surface area (Å²) in [6, 6.07) is 25.3. The molecule has 0 atom stereocenters. The summed E-state index contributed by atoms with van der Waals surface area (Å²) in [5, 5.41) is 4.66. The first-order valence-corrected chi connectivity index (χ1v) is 9.54. The molecular weight excluding hydrogens is 344 g/mol. The molecule has 0 fully saturated rings. The van der Waals surface area contributed by atoms with Crippen LogP contribution in [-0.2, 0) is 0 Å². The van der Waals surface area contributed by atoms with Gasteiger partial charge in [-0.15, -0.1) is 0 Å². The first-order valence-electron chi connectivity index (χ1n) is 9.54. The molecule has 0 bridgehead atoms. The summed E-state index contributed by atoms with van der Waals surface area (Å²) in [5.74, 6) is 0. The maximum absolute atomic E-state index is 6.32. The van der Waals surface area contributed by atoms with E-state index in [1.807, 2.05) is 24.3 Å². The molecule has 4 aromatic carbocycles. The molecule has 0 aliphatic rings. The topological polar surface area (TPSA) is 26.3 Å². The van der Waals surface area contributed by atoms with E-state index in [1.165, 1.54) is 16.3 Å². The van der Waals surface area contributed by atoms with Gasteiger partial charge in [-0.05, 0) is 54.8 Å². The van der Waals surface area contributed by atoms with Crippen LogP contribution in [0.1, 0.15) is 11.1 Å². The van der Waals surface area contributed by atoms with Crippen molar-refractivity contribution in [1.29, 1.82) is 0 Å². The van der Waals surface area contributed by atoms with E-state index in [0.717, 1.165) is 49.8 Å². The van der Waals surface area contributed by atoms with Crippen molar-refractivity contribution in [2.75, 3.05) is 0 Å². The van der Waals surface area contributed by atoms with Crippen LogP contribution in [0, 0.1) is 13.8 Å². The zero-order valence-corrected chi connectivity index (χ0v) is 15.7. The smallest absolute Gasteiger partial charge is 0.143 e. The van der Waals surface area contributed by atoms with E-state index in [-0.39, 0.29) is 0 Å². The van der Waals surface area contributed by atoms with Gasteiger partial charge in [0.2, 0.25) is 0 Å². The van der Waals surface area contributed by atoms with Crippen molar-refractivity contribution in [2.24, 2.45) is 0 Å². The van der Waals surface area contributed by atoms with Gasteiger partial charge in [-0.3, -0.25) is 0 Å². The fourth-order valence-corrected chi connectivity index (χ4v) is 4.37. The molecule has 2 heteroatoms. The van der Waals surface area contributed by atoms with Gasteiger partial charge in [0, 0.05) is 27.1 Å². The zero-order valence-electron chi connectivity index (χ0n) is 15.7. The Kier molecular flexibility index (Phi) is 3.05. The Morgan fingerprint density at radius 1 is 0.571 bits per heavy atom. The van der Waals surface area contributed by atoms with E-state index >= 15 is 0 Å². The lowest BCUT2D eigenvalue weighted by molar-refractivity contribution is 0.665. The second-order valence-corrected chi connectivity index (χ2v) is 7.50. The molecule has 0 saturated carbocycles. The summed E-state index contributed by atoms with van der Waals surface area (Å²) in [5.41, 5.74) is 8.40. The molecular formula is C26H18O2. The summed E-state index contributed by atoms with van der Waals surface area (Å²) < 4.78 is 12.4. The van der Waals surface area contributed by atoms with Crippen LogP contribution >= 0.6 is 0 Å². The van der Waals surface area contributed by atoms with Crippen molar-refractivity contribution in [3.8, 4) is 11.1 Å². The third-order valence-corrected chi connectivity index (χ3v) is 5.71. The van der Waals surface area contributed by atoms with Crippen LogP contribution in [0.15, 0.2) is 81.6 Å². The Bertz CT molecular complexity index is 1530. The Morgan fingerprint density at radius 3 is 2.07 bits per heavy atom. The summed E-state index contributed by atoms with van der Waals surface area (Å²) in [6.45, 7) is 4.25. The number of benzene rings is 4. The second kappa shape index (κ2) is 5.49. The normalized spacial score (nSPS) is 11.9. The van der Waals surface area contributed by atoms with Crippen molar-refractivity contribution in [3.05, 3.63) is 83.9 Å². The zero-order chi connectivity index (χ0) is 18.8. The van der Waals surface area contributed by atoms with Crippen LogP contribution in [0.3, 0.4) is 0 Å². The van der Waals surface area contributed by atoms with Crippen molar-refractivity contribution in [3.63, 3.8) is 0 Å². The second-order valence-electron chi connectivity index (χ2n) is 7.50. The molecule has 134 valence electrons. The van der Waals surface area contributed by atoms with Crippen LogP contribution in [0.25, 0.3) is 55.0 Å². The molecule has 0 saturated heterocycles. The molecule has 6 aromatic rings. The van der Waals surface area contributed by atoms with Gasteiger partial charge < -0.3 is 8.83 Å². The highest BCUT2D eigenvalue weighted by atomic mass is 16.3. The largest absolute Gasteiger partial charge is 0.456 e. The van der Waals surface area contributed by atoms with E-state index in [2.05, 4.69) is 62.4 Å². The molecule has 0 unspecified atom stereocenters. The lowest BCUT2D eigenvalue weighted by Crippen LogP contribution is -1.84. The van der Waals surface area contributed by atoms with E-state index in [1.54, 1.807) is 0 Å². The standard InChI is InChI=1S/C26H18O2/c1-15-11-12-18(26-24(15)20-8-4-6-10-23(20)28-26)17-13-16(2)25-21(14-17)19-7-3-5-9-22(19)27-25/h3-14H,1-2H3. The summed E-state index contributed by atoms with van der Waals surface area (Å²) in [7, 11) is 0. The third-order valence-electron chi connectivity index (χ3n) is 5.71. The molecule has 28 heavy (non-hydrogen) atoms. The first kappa shape index (κ1) is 15.5. The van der Waals surface area contributed by atoms with E-state index < -0.39 is 0 Å². The fraction of sp³-hybridized carbons (Fsp3) is 0.0769. The number of rotatable bonds is 1. The van der Waals surface area contributed by atoms with Gasteiger partial charge in [-0.25, -0.2) is 0 Å². The van der Waals surface area contributed by atoms with Crippen LogP contribution in [0.4, 0.5) is 0 Å². The number of hydrogen-bond acceptors (Lipinski definition) is 2. The van der Waals surface area contributed by atoms with Gasteiger partial charge in [0.05, 0.1) is 0 Å². The summed E-state index contributed by atoms with van der Waals surface area (Å²) in [6.07, 6.45) is 0. The summed E-state index contributed by atoms with van der Waals surface area (Å²) >= 11 is 0. The first-order chi connectivity index (χ1) is 13.7. The van der Waals surface area contributed by atoms with E-state index in [9.17, 15) is 0 Å². The average molecular weight is 362 g/mol. The fourth-order valence-electron chi connectivity index (χ4n) is 4.37. The predicted octanol–water partition coefficient (Wildman–Crippen LogP) is 7.77. The molecule has 0 radical (unpaired) electrons. The monoisotopic (exact) mass is 362 g/mol. The molecule has 2 aromatic heterocycles. The van der Waals surface area contributed by atoms with Crippen LogP contribution in [0.2, 0.25) is 0 Å². The molecule has 0 aliphatic heterocycles. The Labute approximate surface area is 162 Å². The van der Waals surface area contributed by atoms with Crippen molar-refractivity contribution in [2.45, 2.75) is 13.8 Å². The minimum Gasteiger partial charge on any atom is -0.456 e.